The second-order valence-electron chi connectivity index (χ2n) is 5.53. The van der Waals surface area contributed by atoms with Crippen LogP contribution in [0.3, 0.4) is 0 Å². The highest BCUT2D eigenvalue weighted by Crippen LogP contribution is 2.30. The van der Waals surface area contributed by atoms with Gasteiger partial charge in [0.05, 0.1) is 13.4 Å². The van der Waals surface area contributed by atoms with Crippen molar-refractivity contribution in [2.24, 2.45) is 7.05 Å². The molecule has 0 radical (unpaired) electrons. The van der Waals surface area contributed by atoms with Gasteiger partial charge < -0.3 is 9.30 Å². The van der Waals surface area contributed by atoms with Crippen LogP contribution in [-0.2, 0) is 12.8 Å². The third-order valence-corrected chi connectivity index (χ3v) is 5.46. The van der Waals surface area contributed by atoms with Crippen molar-refractivity contribution in [3.05, 3.63) is 53.0 Å². The summed E-state index contributed by atoms with van der Waals surface area (Å²) in [6.45, 7) is 0. The van der Waals surface area contributed by atoms with Crippen LogP contribution in [0.15, 0.2) is 52.6 Å². The molecule has 0 spiro atoms. The minimum Gasteiger partial charge on any atom is -0.497 e. The van der Waals surface area contributed by atoms with Gasteiger partial charge in [0.25, 0.3) is 0 Å². The number of thioether (sulfide) groups is 1. The summed E-state index contributed by atoms with van der Waals surface area (Å²) in [6.07, 6.45) is 1.78. The van der Waals surface area contributed by atoms with Crippen molar-refractivity contribution in [2.45, 2.75) is 10.9 Å². The van der Waals surface area contributed by atoms with Crippen LogP contribution in [0.4, 0.5) is 0 Å². The van der Waals surface area contributed by atoms with Crippen LogP contribution in [0.2, 0.25) is 0 Å². The molecule has 0 saturated carbocycles. The molecule has 4 aromatic rings. The summed E-state index contributed by atoms with van der Waals surface area (Å²) in [5, 5.41) is 4.90. The molecule has 0 bridgehead atoms. The van der Waals surface area contributed by atoms with Gasteiger partial charge in [0.15, 0.2) is 10.8 Å². The molecule has 0 saturated heterocycles. The Morgan fingerprint density at radius 1 is 1.16 bits per heavy atom. The van der Waals surface area contributed by atoms with Crippen LogP contribution in [0.1, 0.15) is 5.56 Å². The molecule has 0 N–H and O–H groups in total. The summed E-state index contributed by atoms with van der Waals surface area (Å²) in [7, 11) is 3.63. The fourth-order valence-corrected chi connectivity index (χ4v) is 3.96. The average Bonchev–Trinajstić information content (AvgIpc) is 3.30. The molecule has 0 aliphatic heterocycles. The maximum Gasteiger partial charge on any atom is 0.190 e. The summed E-state index contributed by atoms with van der Waals surface area (Å²) in [5.41, 5.74) is 4.88. The summed E-state index contributed by atoms with van der Waals surface area (Å²) in [5.74, 6) is 1.66. The summed E-state index contributed by atoms with van der Waals surface area (Å²) < 4.78 is 7.14. The molecule has 25 heavy (non-hydrogen) atoms. The number of hydrogen-bond acceptors (Lipinski definition) is 6. The molecule has 126 valence electrons. The van der Waals surface area contributed by atoms with E-state index in [-0.39, 0.29) is 0 Å². The molecule has 3 aromatic heterocycles. The van der Waals surface area contributed by atoms with E-state index in [1.807, 2.05) is 23.7 Å². The highest BCUT2D eigenvalue weighted by atomic mass is 32.2. The van der Waals surface area contributed by atoms with E-state index in [0.717, 1.165) is 39.1 Å². The number of aromatic nitrogens is 4. The summed E-state index contributed by atoms with van der Waals surface area (Å²) in [4.78, 5) is 13.9. The van der Waals surface area contributed by atoms with Crippen molar-refractivity contribution in [3.63, 3.8) is 0 Å². The number of fused-ring (bicyclic) bond motifs is 1. The van der Waals surface area contributed by atoms with Crippen molar-refractivity contribution in [1.29, 1.82) is 0 Å². The molecular formula is C18H16N4OS2. The topological polar surface area (TPSA) is 52.8 Å². The largest absolute Gasteiger partial charge is 0.497 e. The highest BCUT2D eigenvalue weighted by Gasteiger charge is 2.14. The number of imidazole rings is 1. The molecule has 0 amide bonds. The Labute approximate surface area is 153 Å². The Bertz CT molecular complexity index is 994. The fraction of sp³-hybridized carbons (Fsp3) is 0.167. The van der Waals surface area contributed by atoms with E-state index < -0.39 is 0 Å². The van der Waals surface area contributed by atoms with E-state index in [2.05, 4.69) is 38.9 Å². The monoisotopic (exact) mass is 368 g/mol. The number of benzene rings is 1. The Kier molecular flexibility index (Phi) is 4.42. The summed E-state index contributed by atoms with van der Waals surface area (Å²) >= 11 is 3.28. The van der Waals surface area contributed by atoms with Gasteiger partial charge in [-0.05, 0) is 29.1 Å². The Morgan fingerprint density at radius 2 is 2.00 bits per heavy atom. The van der Waals surface area contributed by atoms with Crippen LogP contribution < -0.4 is 4.74 Å². The van der Waals surface area contributed by atoms with E-state index in [4.69, 9.17) is 9.72 Å². The maximum atomic E-state index is 5.20. The molecule has 7 heteroatoms. The van der Waals surface area contributed by atoms with E-state index >= 15 is 0 Å². The number of methoxy groups -OCH3 is 1. The zero-order chi connectivity index (χ0) is 17.2. The number of thiophene rings is 1. The standard InChI is InChI=1S/C18H16N4OS2/c1-22-11-19-16-15(13-7-8-24-10-13)20-18(21-17(16)22)25-9-12-3-5-14(23-2)6-4-12/h3-8,10-11H,9H2,1-2H3. The number of aryl methyl sites for hydroxylation is 1. The van der Waals surface area contributed by atoms with Crippen molar-refractivity contribution in [3.8, 4) is 17.0 Å². The van der Waals surface area contributed by atoms with Gasteiger partial charge in [0.1, 0.15) is 17.0 Å². The van der Waals surface area contributed by atoms with Crippen LogP contribution in [0.5, 0.6) is 5.75 Å². The lowest BCUT2D eigenvalue weighted by atomic mass is 10.2. The van der Waals surface area contributed by atoms with Crippen LogP contribution in [0, 0.1) is 0 Å². The first-order chi connectivity index (χ1) is 12.2. The average molecular weight is 368 g/mol. The predicted molar refractivity (Wildman–Crippen MR) is 102 cm³/mol. The quantitative estimate of drug-likeness (QED) is 0.386. The predicted octanol–water partition coefficient (Wildman–Crippen LogP) is 4.39. The van der Waals surface area contributed by atoms with E-state index in [0.29, 0.717) is 0 Å². The molecule has 0 fully saturated rings. The first kappa shape index (κ1) is 16.1. The highest BCUT2D eigenvalue weighted by molar-refractivity contribution is 7.98. The lowest BCUT2D eigenvalue weighted by molar-refractivity contribution is 0.414. The third kappa shape index (κ3) is 3.25. The second kappa shape index (κ2) is 6.85. The van der Waals surface area contributed by atoms with Crippen LogP contribution in [0.25, 0.3) is 22.4 Å². The molecule has 1 aromatic carbocycles. The minimum atomic E-state index is 0.758. The van der Waals surface area contributed by atoms with Gasteiger partial charge in [-0.2, -0.15) is 11.3 Å². The van der Waals surface area contributed by atoms with Gasteiger partial charge in [-0.1, -0.05) is 23.9 Å². The maximum absolute atomic E-state index is 5.20. The van der Waals surface area contributed by atoms with Crippen molar-refractivity contribution in [2.75, 3.05) is 7.11 Å². The van der Waals surface area contributed by atoms with E-state index in [1.54, 1.807) is 36.5 Å². The molecule has 0 atom stereocenters. The number of nitrogens with zero attached hydrogens (tertiary/aromatic N) is 4. The first-order valence-electron chi connectivity index (χ1n) is 7.72. The van der Waals surface area contributed by atoms with Crippen LogP contribution in [-0.4, -0.2) is 26.6 Å². The van der Waals surface area contributed by atoms with Gasteiger partial charge in [0.2, 0.25) is 0 Å². The fourth-order valence-electron chi connectivity index (χ4n) is 2.52. The van der Waals surface area contributed by atoms with Gasteiger partial charge in [0, 0.05) is 23.7 Å². The Balaban J connectivity index is 1.66. The zero-order valence-corrected chi connectivity index (χ0v) is 15.5. The molecule has 0 aliphatic rings. The van der Waals surface area contributed by atoms with Crippen molar-refractivity contribution >= 4 is 34.3 Å². The lowest BCUT2D eigenvalue weighted by Gasteiger charge is -2.06. The van der Waals surface area contributed by atoms with E-state index in [1.165, 1.54) is 5.56 Å². The number of ether oxygens (including phenoxy) is 1. The summed E-state index contributed by atoms with van der Waals surface area (Å²) in [6, 6.07) is 10.1. The smallest absolute Gasteiger partial charge is 0.190 e. The van der Waals surface area contributed by atoms with Crippen molar-refractivity contribution in [1.82, 2.24) is 19.5 Å². The zero-order valence-electron chi connectivity index (χ0n) is 13.8. The Morgan fingerprint density at radius 3 is 2.72 bits per heavy atom. The van der Waals surface area contributed by atoms with Gasteiger partial charge in [-0.3, -0.25) is 0 Å². The molecular weight excluding hydrogens is 352 g/mol. The molecule has 0 unspecified atom stereocenters. The number of rotatable bonds is 5. The first-order valence-corrected chi connectivity index (χ1v) is 9.65. The molecule has 4 rings (SSSR count). The molecule has 5 nitrogen and oxygen atoms in total. The van der Waals surface area contributed by atoms with Gasteiger partial charge in [-0.15, -0.1) is 0 Å². The normalized spacial score (nSPS) is 11.1. The Hall–Kier alpha value is -2.38. The van der Waals surface area contributed by atoms with Crippen LogP contribution >= 0.6 is 23.1 Å². The minimum absolute atomic E-state index is 0.758. The number of hydrogen-bond donors (Lipinski definition) is 0. The van der Waals surface area contributed by atoms with Gasteiger partial charge in [-0.25, -0.2) is 15.0 Å². The SMILES string of the molecule is COc1ccc(CSc2nc(-c3ccsc3)c3ncn(C)c3n2)cc1. The molecule has 3 heterocycles. The molecule has 0 aliphatic carbocycles. The van der Waals surface area contributed by atoms with Crippen molar-refractivity contribution < 1.29 is 4.74 Å². The van der Waals surface area contributed by atoms with Gasteiger partial charge >= 0.3 is 0 Å². The second-order valence-corrected chi connectivity index (χ2v) is 7.25. The lowest BCUT2D eigenvalue weighted by Crippen LogP contribution is -1.96. The van der Waals surface area contributed by atoms with E-state index in [9.17, 15) is 0 Å². The third-order valence-electron chi connectivity index (χ3n) is 3.86.